The number of hydrogen-bond donors (Lipinski definition) is 8. The molecular weight excluding hydrogens is 574 g/mol. The average Bonchev–Trinajstić information content (AvgIpc) is 3.40. The minimum Gasteiger partial charge on any atom is -0.481 e. The van der Waals surface area contributed by atoms with E-state index in [1.807, 2.05) is 18.2 Å². The van der Waals surface area contributed by atoms with Gasteiger partial charge in [-0.3, -0.25) is 24.0 Å². The van der Waals surface area contributed by atoms with Gasteiger partial charge in [0.15, 0.2) is 0 Å². The zero-order valence-electron chi connectivity index (χ0n) is 23.7. The van der Waals surface area contributed by atoms with E-state index in [0.29, 0.717) is 11.1 Å². The number of carbonyl (C=O) groups is 6. The first-order valence-electron chi connectivity index (χ1n) is 13.9. The second-order valence-corrected chi connectivity index (χ2v) is 10.2. The molecule has 4 unspecified atom stereocenters. The van der Waals surface area contributed by atoms with Gasteiger partial charge in [-0.2, -0.15) is 0 Å². The molecule has 0 radical (unpaired) electrons. The molecule has 0 aliphatic carbocycles. The fourth-order valence-corrected chi connectivity index (χ4v) is 4.55. The van der Waals surface area contributed by atoms with Gasteiger partial charge >= 0.3 is 17.9 Å². The van der Waals surface area contributed by atoms with Crippen LogP contribution in [0.4, 0.5) is 0 Å². The summed E-state index contributed by atoms with van der Waals surface area (Å²) in [5.74, 6) is -6.23. The molecule has 3 aromatic rings. The Morgan fingerprint density at radius 1 is 0.682 bits per heavy atom. The molecule has 2 aromatic carbocycles. The summed E-state index contributed by atoms with van der Waals surface area (Å²) in [6.45, 7) is 0. The number of nitrogens with two attached hydrogens (primary N) is 1. The molecule has 4 atom stereocenters. The highest BCUT2D eigenvalue weighted by Crippen LogP contribution is 2.19. The summed E-state index contributed by atoms with van der Waals surface area (Å²) in [4.78, 5) is 76.7. The first-order valence-corrected chi connectivity index (χ1v) is 13.9. The van der Waals surface area contributed by atoms with Crippen LogP contribution in [0.3, 0.4) is 0 Å². The third-order valence-electron chi connectivity index (χ3n) is 6.92. The van der Waals surface area contributed by atoms with Gasteiger partial charge in [0.05, 0.1) is 6.04 Å². The summed E-state index contributed by atoms with van der Waals surface area (Å²) < 4.78 is 0. The van der Waals surface area contributed by atoms with E-state index in [4.69, 9.17) is 15.9 Å². The van der Waals surface area contributed by atoms with Gasteiger partial charge in [0.25, 0.3) is 0 Å². The van der Waals surface area contributed by atoms with Crippen LogP contribution in [-0.4, -0.2) is 80.1 Å². The van der Waals surface area contributed by atoms with Gasteiger partial charge in [-0.25, -0.2) is 4.79 Å². The Balaban J connectivity index is 1.88. The number of aromatic nitrogens is 1. The number of carbonyl (C=O) groups excluding carboxylic acids is 3. The fourth-order valence-electron chi connectivity index (χ4n) is 4.55. The lowest BCUT2D eigenvalue weighted by molar-refractivity contribution is -0.143. The van der Waals surface area contributed by atoms with E-state index in [9.17, 15) is 33.9 Å². The summed E-state index contributed by atoms with van der Waals surface area (Å²) in [6.07, 6.45) is 0.187. The molecule has 14 heteroatoms. The zero-order valence-corrected chi connectivity index (χ0v) is 23.7. The van der Waals surface area contributed by atoms with Crippen molar-refractivity contribution < 1.29 is 44.1 Å². The second kappa shape index (κ2) is 15.8. The molecule has 3 amide bonds. The lowest BCUT2D eigenvalue weighted by atomic mass is 10.0. The molecule has 0 saturated carbocycles. The fraction of sp³-hybridized carbons (Fsp3) is 0.333. The van der Waals surface area contributed by atoms with Crippen molar-refractivity contribution in [3.8, 4) is 0 Å². The molecule has 44 heavy (non-hydrogen) atoms. The van der Waals surface area contributed by atoms with Gasteiger partial charge < -0.3 is 42.0 Å². The van der Waals surface area contributed by atoms with Crippen LogP contribution in [0.5, 0.6) is 0 Å². The van der Waals surface area contributed by atoms with Crippen LogP contribution < -0.4 is 21.7 Å². The summed E-state index contributed by atoms with van der Waals surface area (Å²) in [5, 5.41) is 35.7. The number of fused-ring (bicyclic) bond motifs is 1. The topological polar surface area (TPSA) is 241 Å². The SMILES string of the molecule is NC(CCC(=O)O)C(=O)NC(Cc1c[nH]c2ccccc12)C(=O)NC(Cc1ccccc1)C(=O)NC(CCC(=O)O)C(=O)O. The van der Waals surface area contributed by atoms with Crippen LogP contribution in [0.25, 0.3) is 10.9 Å². The molecule has 1 heterocycles. The molecule has 0 saturated heterocycles. The van der Waals surface area contributed by atoms with Crippen molar-refractivity contribution in [2.75, 3.05) is 0 Å². The normalized spacial score (nSPS) is 13.7. The summed E-state index contributed by atoms with van der Waals surface area (Å²) in [7, 11) is 0. The first-order chi connectivity index (χ1) is 20.9. The summed E-state index contributed by atoms with van der Waals surface area (Å²) >= 11 is 0. The van der Waals surface area contributed by atoms with Gasteiger partial charge in [0.1, 0.15) is 18.1 Å². The van der Waals surface area contributed by atoms with Crippen molar-refractivity contribution in [3.63, 3.8) is 0 Å². The van der Waals surface area contributed by atoms with Crippen molar-refractivity contribution in [3.05, 3.63) is 71.9 Å². The lowest BCUT2D eigenvalue weighted by Gasteiger charge is -2.25. The highest BCUT2D eigenvalue weighted by molar-refractivity contribution is 5.95. The van der Waals surface area contributed by atoms with E-state index in [-0.39, 0.29) is 32.1 Å². The van der Waals surface area contributed by atoms with Crippen molar-refractivity contribution in [2.24, 2.45) is 5.73 Å². The number of nitrogens with one attached hydrogen (secondary N) is 4. The number of hydrogen-bond acceptors (Lipinski definition) is 7. The number of benzene rings is 2. The number of para-hydroxylation sites is 1. The van der Waals surface area contributed by atoms with Crippen LogP contribution in [0.15, 0.2) is 60.8 Å². The zero-order chi connectivity index (χ0) is 32.2. The standard InChI is InChI=1S/C30H35N5O9/c31-20(10-12-25(36)37)27(40)34-24(15-18-16-32-21-9-5-4-8-19(18)21)29(42)35-23(14-17-6-2-1-3-7-17)28(41)33-22(30(43)44)11-13-26(38)39/h1-9,16,20,22-24,32H,10-15,31H2,(H,33,41)(H,34,40)(H,35,42)(H,36,37)(H,38,39)(H,43,44). The van der Waals surface area contributed by atoms with Crippen LogP contribution >= 0.6 is 0 Å². The van der Waals surface area contributed by atoms with Crippen LogP contribution in [-0.2, 0) is 41.6 Å². The largest absolute Gasteiger partial charge is 0.481 e. The summed E-state index contributed by atoms with van der Waals surface area (Å²) in [5.41, 5.74) is 7.98. The van der Waals surface area contributed by atoms with E-state index >= 15 is 0 Å². The highest BCUT2D eigenvalue weighted by Gasteiger charge is 2.31. The number of carboxylic acid groups (broad SMARTS) is 3. The van der Waals surface area contributed by atoms with Gasteiger partial charge in [0.2, 0.25) is 17.7 Å². The Hall–Kier alpha value is -5.24. The Morgan fingerprint density at radius 2 is 1.23 bits per heavy atom. The Kier molecular flexibility index (Phi) is 12.0. The number of aromatic amines is 1. The summed E-state index contributed by atoms with van der Waals surface area (Å²) in [6, 6.07) is 10.6. The predicted molar refractivity (Wildman–Crippen MR) is 157 cm³/mol. The van der Waals surface area contributed by atoms with E-state index in [1.165, 1.54) is 0 Å². The van der Waals surface area contributed by atoms with E-state index in [0.717, 1.165) is 10.9 Å². The van der Waals surface area contributed by atoms with Gasteiger partial charge in [0, 0.05) is 42.8 Å². The van der Waals surface area contributed by atoms with Crippen molar-refractivity contribution in [2.45, 2.75) is 62.7 Å². The van der Waals surface area contributed by atoms with Crippen molar-refractivity contribution >= 4 is 46.5 Å². The number of amides is 3. The minimum atomic E-state index is -1.53. The molecule has 0 aliphatic rings. The quantitative estimate of drug-likeness (QED) is 0.106. The van der Waals surface area contributed by atoms with Crippen molar-refractivity contribution in [1.82, 2.24) is 20.9 Å². The van der Waals surface area contributed by atoms with E-state index < -0.39 is 66.2 Å². The number of H-pyrrole nitrogens is 1. The monoisotopic (exact) mass is 609 g/mol. The van der Waals surface area contributed by atoms with E-state index in [1.54, 1.807) is 42.6 Å². The third-order valence-corrected chi connectivity index (χ3v) is 6.92. The van der Waals surface area contributed by atoms with Crippen LogP contribution in [0.2, 0.25) is 0 Å². The molecule has 234 valence electrons. The Morgan fingerprint density at radius 3 is 1.86 bits per heavy atom. The maximum Gasteiger partial charge on any atom is 0.326 e. The van der Waals surface area contributed by atoms with Gasteiger partial charge in [-0.1, -0.05) is 48.5 Å². The van der Waals surface area contributed by atoms with E-state index in [2.05, 4.69) is 20.9 Å². The molecule has 3 rings (SSSR count). The van der Waals surface area contributed by atoms with Crippen molar-refractivity contribution in [1.29, 1.82) is 0 Å². The smallest absolute Gasteiger partial charge is 0.326 e. The number of carboxylic acids is 3. The minimum absolute atomic E-state index is 0.0245. The average molecular weight is 610 g/mol. The molecular formula is C30H35N5O9. The first kappa shape index (κ1) is 33.3. The molecule has 14 nitrogen and oxygen atoms in total. The third kappa shape index (κ3) is 9.94. The maximum atomic E-state index is 13.7. The molecule has 0 aliphatic heterocycles. The maximum absolute atomic E-state index is 13.7. The predicted octanol–water partition coefficient (Wildman–Crippen LogP) is 0.549. The molecule has 1 aromatic heterocycles. The number of rotatable bonds is 17. The number of aliphatic carboxylic acids is 3. The Bertz CT molecular complexity index is 1490. The molecule has 9 N–H and O–H groups in total. The van der Waals surface area contributed by atoms with Crippen LogP contribution in [0, 0.1) is 0 Å². The van der Waals surface area contributed by atoms with Gasteiger partial charge in [-0.05, 0) is 30.0 Å². The molecule has 0 spiro atoms. The lowest BCUT2D eigenvalue weighted by Crippen LogP contribution is -2.58. The second-order valence-electron chi connectivity index (χ2n) is 10.2. The Labute approximate surface area is 252 Å². The molecule has 0 fully saturated rings. The highest BCUT2D eigenvalue weighted by atomic mass is 16.4. The van der Waals surface area contributed by atoms with Crippen LogP contribution in [0.1, 0.15) is 36.8 Å². The molecule has 0 bridgehead atoms. The van der Waals surface area contributed by atoms with Gasteiger partial charge in [-0.15, -0.1) is 0 Å².